The maximum Gasteiger partial charge on any atom is 0.306 e. The van der Waals surface area contributed by atoms with Crippen LogP contribution in [0.15, 0.2) is 0 Å². The summed E-state index contributed by atoms with van der Waals surface area (Å²) in [5, 5.41) is 8.72. The number of rotatable bonds is 4. The zero-order valence-electron chi connectivity index (χ0n) is 10.3. The van der Waals surface area contributed by atoms with Gasteiger partial charge in [-0.05, 0) is 25.9 Å². The van der Waals surface area contributed by atoms with Crippen LogP contribution >= 0.6 is 0 Å². The fourth-order valence-electron chi connectivity index (χ4n) is 2.69. The summed E-state index contributed by atoms with van der Waals surface area (Å²) < 4.78 is 11.3. The molecule has 2 aliphatic rings. The maximum absolute atomic E-state index is 10.6. The molecule has 0 aliphatic carbocycles. The second-order valence-corrected chi connectivity index (χ2v) is 4.75. The molecule has 0 aromatic rings. The molecule has 0 aromatic heterocycles. The van der Waals surface area contributed by atoms with Crippen LogP contribution in [-0.4, -0.2) is 54.1 Å². The minimum absolute atomic E-state index is 0.0370. The van der Waals surface area contributed by atoms with Gasteiger partial charge in [-0.2, -0.15) is 0 Å². The van der Waals surface area contributed by atoms with Crippen molar-refractivity contribution in [1.29, 1.82) is 0 Å². The highest BCUT2D eigenvalue weighted by Gasteiger charge is 2.37. The first-order chi connectivity index (χ1) is 8.20. The topological polar surface area (TPSA) is 59.0 Å². The smallest absolute Gasteiger partial charge is 0.306 e. The van der Waals surface area contributed by atoms with E-state index in [-0.39, 0.29) is 18.8 Å². The maximum atomic E-state index is 10.6. The summed E-state index contributed by atoms with van der Waals surface area (Å²) >= 11 is 0. The van der Waals surface area contributed by atoms with Gasteiger partial charge in [-0.3, -0.25) is 9.69 Å². The number of likely N-dealkylation sites (tertiary alicyclic amines) is 1. The van der Waals surface area contributed by atoms with E-state index in [2.05, 4.69) is 11.8 Å². The molecule has 0 spiro atoms. The Labute approximate surface area is 102 Å². The summed E-state index contributed by atoms with van der Waals surface area (Å²) in [6.07, 6.45) is 3.04. The van der Waals surface area contributed by atoms with E-state index < -0.39 is 5.97 Å². The molecule has 2 aliphatic heterocycles. The van der Waals surface area contributed by atoms with E-state index in [1.165, 1.54) is 12.8 Å². The van der Waals surface area contributed by atoms with Crippen molar-refractivity contribution in [2.45, 2.75) is 51.0 Å². The van der Waals surface area contributed by atoms with Crippen LogP contribution in [0.4, 0.5) is 0 Å². The van der Waals surface area contributed by atoms with Gasteiger partial charge in [0.2, 0.25) is 0 Å². The van der Waals surface area contributed by atoms with Crippen molar-refractivity contribution >= 4 is 5.97 Å². The fourth-order valence-corrected chi connectivity index (χ4v) is 2.69. The van der Waals surface area contributed by atoms with Crippen LogP contribution in [0.3, 0.4) is 0 Å². The van der Waals surface area contributed by atoms with Crippen molar-refractivity contribution in [3.05, 3.63) is 0 Å². The van der Waals surface area contributed by atoms with Crippen LogP contribution in [0.5, 0.6) is 0 Å². The Balaban J connectivity index is 1.87. The highest BCUT2D eigenvalue weighted by atomic mass is 16.7. The molecule has 3 unspecified atom stereocenters. The molecule has 0 aromatic carbocycles. The van der Waals surface area contributed by atoms with Gasteiger partial charge in [-0.1, -0.05) is 13.3 Å². The lowest BCUT2D eigenvalue weighted by atomic mass is 10.0. The highest BCUT2D eigenvalue weighted by molar-refractivity contribution is 5.67. The Morgan fingerprint density at radius 2 is 2.29 bits per heavy atom. The molecular weight excluding hydrogens is 222 g/mol. The quantitative estimate of drug-likeness (QED) is 0.800. The largest absolute Gasteiger partial charge is 0.481 e. The molecule has 5 heteroatoms. The van der Waals surface area contributed by atoms with Gasteiger partial charge in [-0.15, -0.1) is 0 Å². The predicted octanol–water partition coefficient (Wildman–Crippen LogP) is 1.08. The summed E-state index contributed by atoms with van der Waals surface area (Å²) in [6.45, 7) is 4.64. The second-order valence-electron chi connectivity index (χ2n) is 4.75. The van der Waals surface area contributed by atoms with E-state index >= 15 is 0 Å². The number of nitrogens with zero attached hydrogens (tertiary/aromatic N) is 1. The van der Waals surface area contributed by atoms with E-state index in [1.807, 2.05) is 0 Å². The van der Waals surface area contributed by atoms with Crippen LogP contribution in [-0.2, 0) is 14.3 Å². The first-order valence-electron chi connectivity index (χ1n) is 6.43. The van der Waals surface area contributed by atoms with Crippen molar-refractivity contribution in [3.8, 4) is 0 Å². The number of carboxylic acid groups (broad SMARTS) is 1. The lowest BCUT2D eigenvalue weighted by Gasteiger charge is -2.37. The standard InChI is InChI=1S/C12H21NO4/c1-2-13-6-4-3-5-10(13)12-16-8-9(17-12)7-11(14)15/h9-10,12H,2-8H2,1H3,(H,14,15). The molecule has 5 nitrogen and oxygen atoms in total. The van der Waals surface area contributed by atoms with Gasteiger partial charge in [0.05, 0.1) is 25.2 Å². The highest BCUT2D eigenvalue weighted by Crippen LogP contribution is 2.26. The van der Waals surface area contributed by atoms with Crippen LogP contribution in [0, 0.1) is 0 Å². The van der Waals surface area contributed by atoms with E-state index in [1.54, 1.807) is 0 Å². The number of likely N-dealkylation sites (N-methyl/N-ethyl adjacent to an activating group) is 1. The van der Waals surface area contributed by atoms with Gasteiger partial charge in [0, 0.05) is 0 Å². The number of hydrogen-bond donors (Lipinski definition) is 1. The average Bonchev–Trinajstić information content (AvgIpc) is 2.76. The molecule has 2 fully saturated rings. The monoisotopic (exact) mass is 243 g/mol. The van der Waals surface area contributed by atoms with Gasteiger partial charge < -0.3 is 14.6 Å². The summed E-state index contributed by atoms with van der Waals surface area (Å²) in [6, 6.07) is 0.299. The molecule has 2 rings (SSSR count). The molecule has 2 heterocycles. The Bertz CT molecular complexity index is 271. The van der Waals surface area contributed by atoms with Crippen molar-refractivity contribution in [2.24, 2.45) is 0 Å². The van der Waals surface area contributed by atoms with Gasteiger partial charge in [0.15, 0.2) is 6.29 Å². The number of carboxylic acids is 1. The van der Waals surface area contributed by atoms with Crippen LogP contribution in [0.2, 0.25) is 0 Å². The third kappa shape index (κ3) is 3.18. The van der Waals surface area contributed by atoms with E-state index in [9.17, 15) is 4.79 Å². The number of aliphatic carboxylic acids is 1. The summed E-state index contributed by atoms with van der Waals surface area (Å²) in [7, 11) is 0. The van der Waals surface area contributed by atoms with E-state index in [4.69, 9.17) is 14.6 Å². The lowest BCUT2D eigenvalue weighted by Crippen LogP contribution is -2.47. The molecule has 3 atom stereocenters. The Morgan fingerprint density at radius 1 is 1.47 bits per heavy atom. The number of carbonyl (C=O) groups is 1. The molecule has 0 saturated carbocycles. The fraction of sp³-hybridized carbons (Fsp3) is 0.917. The average molecular weight is 243 g/mol. The third-order valence-electron chi connectivity index (χ3n) is 3.56. The van der Waals surface area contributed by atoms with Crippen molar-refractivity contribution in [3.63, 3.8) is 0 Å². The molecule has 17 heavy (non-hydrogen) atoms. The van der Waals surface area contributed by atoms with Crippen molar-refractivity contribution in [2.75, 3.05) is 19.7 Å². The first-order valence-corrected chi connectivity index (χ1v) is 6.43. The normalized spacial score (nSPS) is 35.0. The Kier molecular flexibility index (Phi) is 4.36. The van der Waals surface area contributed by atoms with Crippen LogP contribution in [0.25, 0.3) is 0 Å². The first kappa shape index (κ1) is 12.8. The second kappa shape index (κ2) is 5.80. The van der Waals surface area contributed by atoms with Gasteiger partial charge in [-0.25, -0.2) is 0 Å². The van der Waals surface area contributed by atoms with Gasteiger partial charge >= 0.3 is 5.97 Å². The molecule has 2 saturated heterocycles. The van der Waals surface area contributed by atoms with Gasteiger partial charge in [0.1, 0.15) is 0 Å². The summed E-state index contributed by atoms with van der Waals surface area (Å²) in [4.78, 5) is 13.0. The number of piperidine rings is 1. The zero-order chi connectivity index (χ0) is 12.3. The molecule has 0 amide bonds. The summed E-state index contributed by atoms with van der Waals surface area (Å²) in [5.41, 5.74) is 0. The van der Waals surface area contributed by atoms with Gasteiger partial charge in [0.25, 0.3) is 0 Å². The molecule has 98 valence electrons. The Morgan fingerprint density at radius 3 is 3.00 bits per heavy atom. The molecule has 0 bridgehead atoms. The minimum Gasteiger partial charge on any atom is -0.481 e. The molecule has 0 radical (unpaired) electrons. The van der Waals surface area contributed by atoms with Crippen molar-refractivity contribution in [1.82, 2.24) is 4.90 Å². The minimum atomic E-state index is -0.824. The summed E-state index contributed by atoms with van der Waals surface area (Å²) in [5.74, 6) is -0.824. The molecule has 1 N–H and O–H groups in total. The van der Waals surface area contributed by atoms with Crippen LogP contribution in [0.1, 0.15) is 32.6 Å². The molecular formula is C12H21NO4. The zero-order valence-corrected chi connectivity index (χ0v) is 10.3. The number of ether oxygens (including phenoxy) is 2. The third-order valence-corrected chi connectivity index (χ3v) is 3.56. The lowest BCUT2D eigenvalue weighted by molar-refractivity contribution is -0.143. The SMILES string of the molecule is CCN1CCCCC1C1OCC(CC(=O)O)O1. The van der Waals surface area contributed by atoms with E-state index in [0.717, 1.165) is 19.5 Å². The predicted molar refractivity (Wildman–Crippen MR) is 61.8 cm³/mol. The number of hydrogen-bond acceptors (Lipinski definition) is 4. The Hall–Kier alpha value is -0.650. The van der Waals surface area contributed by atoms with Crippen LogP contribution < -0.4 is 0 Å². The van der Waals surface area contributed by atoms with E-state index in [0.29, 0.717) is 12.6 Å². The van der Waals surface area contributed by atoms with Crippen molar-refractivity contribution < 1.29 is 19.4 Å².